The zero-order chi connectivity index (χ0) is 13.3. The average Bonchev–Trinajstić information content (AvgIpc) is 2.56. The van der Waals surface area contributed by atoms with Gasteiger partial charge in [-0.25, -0.2) is 4.39 Å². The van der Waals surface area contributed by atoms with Crippen LogP contribution in [0.25, 0.3) is 0 Å². The third-order valence-electron chi connectivity index (χ3n) is 3.91. The molecular formula is C15H19FO2. The van der Waals surface area contributed by atoms with E-state index >= 15 is 0 Å². The maximum Gasteiger partial charge on any atom is 0.143 e. The third-order valence-corrected chi connectivity index (χ3v) is 3.91. The fourth-order valence-corrected chi connectivity index (χ4v) is 2.74. The number of carbonyl (C=O) groups is 1. The summed E-state index contributed by atoms with van der Waals surface area (Å²) in [4.78, 5) is 12.3. The van der Waals surface area contributed by atoms with Crippen LogP contribution in [0.4, 0.5) is 4.39 Å². The summed E-state index contributed by atoms with van der Waals surface area (Å²) >= 11 is 0. The number of benzene rings is 1. The number of Topliss-reactive ketones (excluding diaryl/α,β-unsaturated/α-hetero) is 1. The number of carbonyl (C=O) groups excluding carboxylic acids is 1. The lowest BCUT2D eigenvalue weighted by Gasteiger charge is -2.17. The maximum atomic E-state index is 12.8. The molecule has 0 amide bonds. The molecule has 1 heterocycles. The smallest absolute Gasteiger partial charge is 0.143 e. The molecule has 4 unspecified atom stereocenters. The molecule has 98 valence electrons. The SMILES string of the molecule is CC1OC(C)C(C(=O)Cc2ccc(F)cc2)C1C. The van der Waals surface area contributed by atoms with Gasteiger partial charge in [0.2, 0.25) is 0 Å². The molecule has 0 aliphatic carbocycles. The first kappa shape index (κ1) is 13.2. The zero-order valence-electron chi connectivity index (χ0n) is 11.0. The second-order valence-corrected chi connectivity index (χ2v) is 5.20. The molecule has 2 nitrogen and oxygen atoms in total. The Balaban J connectivity index is 2.06. The summed E-state index contributed by atoms with van der Waals surface area (Å²) < 4.78 is 18.5. The topological polar surface area (TPSA) is 26.3 Å². The van der Waals surface area contributed by atoms with Crippen LogP contribution in [0.2, 0.25) is 0 Å². The Bertz CT molecular complexity index is 427. The number of ketones is 1. The van der Waals surface area contributed by atoms with Crippen molar-refractivity contribution in [3.05, 3.63) is 35.6 Å². The van der Waals surface area contributed by atoms with E-state index in [4.69, 9.17) is 4.74 Å². The molecule has 0 saturated carbocycles. The molecule has 1 aromatic rings. The highest BCUT2D eigenvalue weighted by atomic mass is 19.1. The fourth-order valence-electron chi connectivity index (χ4n) is 2.74. The number of rotatable bonds is 3. The van der Waals surface area contributed by atoms with Crippen molar-refractivity contribution in [3.8, 4) is 0 Å². The summed E-state index contributed by atoms with van der Waals surface area (Å²) in [7, 11) is 0. The van der Waals surface area contributed by atoms with Crippen molar-refractivity contribution in [1.29, 1.82) is 0 Å². The van der Waals surface area contributed by atoms with Crippen LogP contribution < -0.4 is 0 Å². The first-order chi connectivity index (χ1) is 8.49. The first-order valence-electron chi connectivity index (χ1n) is 6.41. The lowest BCUT2D eigenvalue weighted by Crippen LogP contribution is -2.28. The molecular weight excluding hydrogens is 231 g/mol. The second kappa shape index (κ2) is 5.19. The third kappa shape index (κ3) is 2.61. The van der Waals surface area contributed by atoms with Gasteiger partial charge in [-0.1, -0.05) is 19.1 Å². The molecule has 1 fully saturated rings. The van der Waals surface area contributed by atoms with E-state index in [0.29, 0.717) is 6.42 Å². The van der Waals surface area contributed by atoms with Crippen LogP contribution in [0, 0.1) is 17.7 Å². The summed E-state index contributed by atoms with van der Waals surface area (Å²) in [6.07, 6.45) is 0.459. The highest BCUT2D eigenvalue weighted by Crippen LogP contribution is 2.33. The minimum Gasteiger partial charge on any atom is -0.375 e. The van der Waals surface area contributed by atoms with Crippen molar-refractivity contribution < 1.29 is 13.9 Å². The van der Waals surface area contributed by atoms with Gasteiger partial charge in [-0.15, -0.1) is 0 Å². The predicted octanol–water partition coefficient (Wildman–Crippen LogP) is 3.00. The second-order valence-electron chi connectivity index (χ2n) is 5.20. The standard InChI is InChI=1S/C15H19FO2/c1-9-10(2)18-11(3)15(9)14(17)8-12-4-6-13(16)7-5-12/h4-7,9-11,15H,8H2,1-3H3. The Kier molecular flexibility index (Phi) is 3.81. The Labute approximate surface area is 107 Å². The van der Waals surface area contributed by atoms with Gasteiger partial charge in [-0.3, -0.25) is 4.79 Å². The van der Waals surface area contributed by atoms with Crippen molar-refractivity contribution in [2.45, 2.75) is 39.4 Å². The van der Waals surface area contributed by atoms with Gasteiger partial charge < -0.3 is 4.74 Å². The van der Waals surface area contributed by atoms with E-state index in [2.05, 4.69) is 6.92 Å². The average molecular weight is 250 g/mol. The van der Waals surface area contributed by atoms with Crippen molar-refractivity contribution in [2.24, 2.45) is 11.8 Å². The van der Waals surface area contributed by atoms with E-state index in [-0.39, 0.29) is 35.6 Å². The minimum atomic E-state index is -0.272. The molecule has 4 atom stereocenters. The molecule has 1 aliphatic rings. The molecule has 1 saturated heterocycles. The quantitative estimate of drug-likeness (QED) is 0.824. The Morgan fingerprint density at radius 1 is 1.17 bits per heavy atom. The van der Waals surface area contributed by atoms with Gasteiger partial charge in [-0.05, 0) is 37.5 Å². The van der Waals surface area contributed by atoms with Crippen LogP contribution in [0.5, 0.6) is 0 Å². The lowest BCUT2D eigenvalue weighted by atomic mass is 9.84. The summed E-state index contributed by atoms with van der Waals surface area (Å²) in [6.45, 7) is 6.01. The van der Waals surface area contributed by atoms with E-state index in [1.54, 1.807) is 12.1 Å². The van der Waals surface area contributed by atoms with Gasteiger partial charge in [0.05, 0.1) is 12.2 Å². The monoisotopic (exact) mass is 250 g/mol. The predicted molar refractivity (Wildman–Crippen MR) is 67.8 cm³/mol. The van der Waals surface area contributed by atoms with Gasteiger partial charge in [0.1, 0.15) is 11.6 Å². The number of halogens is 1. The largest absolute Gasteiger partial charge is 0.375 e. The molecule has 0 aromatic heterocycles. The molecule has 2 rings (SSSR count). The molecule has 1 aliphatic heterocycles. The van der Waals surface area contributed by atoms with Gasteiger partial charge in [0.15, 0.2) is 0 Å². The fraction of sp³-hybridized carbons (Fsp3) is 0.533. The molecule has 3 heteroatoms. The summed E-state index contributed by atoms with van der Waals surface area (Å²) in [5.74, 6) is 0.106. The highest BCUT2D eigenvalue weighted by Gasteiger charge is 2.40. The van der Waals surface area contributed by atoms with Gasteiger partial charge in [-0.2, -0.15) is 0 Å². The summed E-state index contributed by atoms with van der Waals surface area (Å²) in [5, 5.41) is 0. The van der Waals surface area contributed by atoms with Crippen LogP contribution in [-0.4, -0.2) is 18.0 Å². The summed E-state index contributed by atoms with van der Waals surface area (Å²) in [6, 6.07) is 6.12. The van der Waals surface area contributed by atoms with E-state index in [0.717, 1.165) is 5.56 Å². The molecule has 18 heavy (non-hydrogen) atoms. The number of ether oxygens (including phenoxy) is 1. The lowest BCUT2D eigenvalue weighted by molar-refractivity contribution is -0.124. The Morgan fingerprint density at radius 3 is 2.28 bits per heavy atom. The van der Waals surface area contributed by atoms with E-state index in [1.807, 2.05) is 13.8 Å². The zero-order valence-corrected chi connectivity index (χ0v) is 11.0. The van der Waals surface area contributed by atoms with E-state index in [1.165, 1.54) is 12.1 Å². The molecule has 1 aromatic carbocycles. The van der Waals surface area contributed by atoms with Crippen molar-refractivity contribution in [1.82, 2.24) is 0 Å². The Morgan fingerprint density at radius 2 is 1.78 bits per heavy atom. The molecule has 0 spiro atoms. The van der Waals surface area contributed by atoms with Crippen LogP contribution in [0.1, 0.15) is 26.3 Å². The molecule has 0 bridgehead atoms. The van der Waals surface area contributed by atoms with Crippen molar-refractivity contribution in [3.63, 3.8) is 0 Å². The van der Waals surface area contributed by atoms with Gasteiger partial charge in [0, 0.05) is 12.3 Å². The number of hydrogen-bond donors (Lipinski definition) is 0. The number of hydrogen-bond acceptors (Lipinski definition) is 2. The van der Waals surface area contributed by atoms with Gasteiger partial charge in [0.25, 0.3) is 0 Å². The Hall–Kier alpha value is -1.22. The maximum absolute atomic E-state index is 12.8. The minimum absolute atomic E-state index is 0.0250. The van der Waals surface area contributed by atoms with Crippen LogP contribution >= 0.6 is 0 Å². The molecule has 0 radical (unpaired) electrons. The molecule has 0 N–H and O–H groups in total. The van der Waals surface area contributed by atoms with E-state index in [9.17, 15) is 9.18 Å². The van der Waals surface area contributed by atoms with Crippen molar-refractivity contribution >= 4 is 5.78 Å². The van der Waals surface area contributed by atoms with Crippen molar-refractivity contribution in [2.75, 3.05) is 0 Å². The van der Waals surface area contributed by atoms with Crippen LogP contribution in [0.3, 0.4) is 0 Å². The first-order valence-corrected chi connectivity index (χ1v) is 6.41. The summed E-state index contributed by atoms with van der Waals surface area (Å²) in [5.41, 5.74) is 0.861. The highest BCUT2D eigenvalue weighted by molar-refractivity contribution is 5.84. The van der Waals surface area contributed by atoms with Crippen LogP contribution in [0.15, 0.2) is 24.3 Å². The van der Waals surface area contributed by atoms with E-state index < -0.39 is 0 Å². The van der Waals surface area contributed by atoms with Gasteiger partial charge >= 0.3 is 0 Å². The normalized spacial score (nSPS) is 31.6. The van der Waals surface area contributed by atoms with Crippen LogP contribution in [-0.2, 0) is 16.0 Å².